The van der Waals surface area contributed by atoms with Gasteiger partial charge in [-0.15, -0.1) is 23.7 Å². The number of nitrogens with one attached hydrogen (secondary N) is 1. The van der Waals surface area contributed by atoms with Crippen LogP contribution in [0.3, 0.4) is 0 Å². The highest BCUT2D eigenvalue weighted by Gasteiger charge is 2.18. The quantitative estimate of drug-likeness (QED) is 0.485. The Morgan fingerprint density at radius 2 is 1.96 bits per heavy atom. The Labute approximate surface area is 178 Å². The highest BCUT2D eigenvalue weighted by Crippen LogP contribution is 2.31. The van der Waals surface area contributed by atoms with Crippen molar-refractivity contribution in [2.45, 2.75) is 46.1 Å². The van der Waals surface area contributed by atoms with Gasteiger partial charge in [0.2, 0.25) is 0 Å². The Balaban J connectivity index is 0.00000392. The van der Waals surface area contributed by atoms with Crippen LogP contribution in [0.15, 0.2) is 35.7 Å². The molecule has 0 fully saturated rings. The summed E-state index contributed by atoms with van der Waals surface area (Å²) < 4.78 is 5.83. The van der Waals surface area contributed by atoms with Gasteiger partial charge in [-0.25, -0.2) is 0 Å². The summed E-state index contributed by atoms with van der Waals surface area (Å²) in [5, 5.41) is 15.3. The van der Waals surface area contributed by atoms with E-state index < -0.39 is 6.10 Å². The molecule has 0 aliphatic heterocycles. The summed E-state index contributed by atoms with van der Waals surface area (Å²) in [6, 6.07) is 10.0. The van der Waals surface area contributed by atoms with Gasteiger partial charge in [0.15, 0.2) is 5.78 Å². The molecule has 0 aliphatic carbocycles. The van der Waals surface area contributed by atoms with Crippen LogP contribution in [0.2, 0.25) is 0 Å². The van der Waals surface area contributed by atoms with E-state index >= 15 is 0 Å². The molecule has 2 N–H and O–H groups in total. The van der Waals surface area contributed by atoms with Gasteiger partial charge in [-0.1, -0.05) is 50.6 Å². The fraction of sp³-hybridized carbons (Fsp3) is 0.500. The lowest BCUT2D eigenvalue weighted by Gasteiger charge is -2.16. The predicted molar refractivity (Wildman–Crippen MR) is 119 cm³/mol. The number of thiophene rings is 1. The maximum Gasteiger partial charge on any atom is 0.176 e. The number of halogens is 1. The fourth-order valence-electron chi connectivity index (χ4n) is 2.70. The van der Waals surface area contributed by atoms with Crippen molar-refractivity contribution in [3.05, 3.63) is 51.7 Å². The summed E-state index contributed by atoms with van der Waals surface area (Å²) >= 11 is 1.42. The van der Waals surface area contributed by atoms with Crippen molar-refractivity contribution in [2.24, 2.45) is 5.92 Å². The SMILES string of the molecule is CCC(C)CNCC(O)COc1c(C)csc1C(=O)CCc1ccccc1.Cl. The third-order valence-electron chi connectivity index (χ3n) is 4.64. The molecule has 2 aromatic rings. The van der Waals surface area contributed by atoms with Crippen LogP contribution in [0, 0.1) is 12.8 Å². The smallest absolute Gasteiger partial charge is 0.176 e. The number of hydrogen-bond donors (Lipinski definition) is 2. The first-order valence-corrected chi connectivity index (χ1v) is 10.6. The molecule has 4 nitrogen and oxygen atoms in total. The van der Waals surface area contributed by atoms with Gasteiger partial charge < -0.3 is 15.2 Å². The summed E-state index contributed by atoms with van der Waals surface area (Å²) in [7, 11) is 0. The highest BCUT2D eigenvalue weighted by atomic mass is 35.5. The Morgan fingerprint density at radius 1 is 1.25 bits per heavy atom. The number of aryl methyl sites for hydroxylation is 2. The van der Waals surface area contributed by atoms with Gasteiger partial charge in [-0.3, -0.25) is 4.79 Å². The molecule has 2 rings (SSSR count). The fourth-order valence-corrected chi connectivity index (χ4v) is 3.66. The van der Waals surface area contributed by atoms with E-state index in [0.717, 1.165) is 30.5 Å². The van der Waals surface area contributed by atoms with Crippen molar-refractivity contribution >= 4 is 29.5 Å². The molecule has 2 atom stereocenters. The van der Waals surface area contributed by atoms with Crippen molar-refractivity contribution in [3.63, 3.8) is 0 Å². The molecule has 2 unspecified atom stereocenters. The lowest BCUT2D eigenvalue weighted by Crippen LogP contribution is -2.33. The highest BCUT2D eigenvalue weighted by molar-refractivity contribution is 7.12. The van der Waals surface area contributed by atoms with Crippen LogP contribution in [0.25, 0.3) is 0 Å². The summed E-state index contributed by atoms with van der Waals surface area (Å²) in [5.74, 6) is 1.31. The average Bonchev–Trinajstić information content (AvgIpc) is 3.05. The lowest BCUT2D eigenvalue weighted by molar-refractivity contribution is 0.0953. The second kappa shape index (κ2) is 12.9. The van der Waals surface area contributed by atoms with Gasteiger partial charge in [0.25, 0.3) is 0 Å². The number of hydrogen-bond acceptors (Lipinski definition) is 5. The van der Waals surface area contributed by atoms with Crippen LogP contribution < -0.4 is 10.1 Å². The number of ketones is 1. The number of benzene rings is 1. The van der Waals surface area contributed by atoms with E-state index in [-0.39, 0.29) is 24.8 Å². The number of rotatable bonds is 12. The molecule has 0 bridgehead atoms. The molecule has 1 heterocycles. The standard InChI is InChI=1S/C22H31NO3S.ClH/c1-4-16(2)12-23-13-19(24)14-26-21-17(3)15-27-22(21)20(25)11-10-18-8-6-5-7-9-18;/h5-9,15-16,19,23-24H,4,10-14H2,1-3H3;1H. The minimum absolute atomic E-state index is 0. The van der Waals surface area contributed by atoms with Crippen LogP contribution in [0.5, 0.6) is 5.75 Å². The molecule has 6 heteroatoms. The normalized spacial score (nSPS) is 12.9. The second-order valence-corrected chi connectivity index (χ2v) is 8.00. The van der Waals surface area contributed by atoms with Crippen molar-refractivity contribution in [3.8, 4) is 5.75 Å². The maximum atomic E-state index is 12.6. The van der Waals surface area contributed by atoms with Gasteiger partial charge in [-0.2, -0.15) is 0 Å². The zero-order chi connectivity index (χ0) is 19.6. The van der Waals surface area contributed by atoms with Crippen LogP contribution in [-0.4, -0.2) is 36.7 Å². The third-order valence-corrected chi connectivity index (χ3v) is 5.76. The number of carbonyl (C=O) groups is 1. The summed E-state index contributed by atoms with van der Waals surface area (Å²) in [6.45, 7) is 7.83. The van der Waals surface area contributed by atoms with E-state index in [1.54, 1.807) is 0 Å². The predicted octanol–water partition coefficient (Wildman–Crippen LogP) is 4.67. The van der Waals surface area contributed by atoms with Crippen molar-refractivity contribution < 1.29 is 14.6 Å². The van der Waals surface area contributed by atoms with E-state index in [2.05, 4.69) is 19.2 Å². The van der Waals surface area contributed by atoms with E-state index in [0.29, 0.717) is 29.5 Å². The van der Waals surface area contributed by atoms with Gasteiger partial charge in [0.1, 0.15) is 23.3 Å². The van der Waals surface area contributed by atoms with Crippen molar-refractivity contribution in [1.29, 1.82) is 0 Å². The van der Waals surface area contributed by atoms with Crippen molar-refractivity contribution in [2.75, 3.05) is 19.7 Å². The van der Waals surface area contributed by atoms with Crippen molar-refractivity contribution in [1.82, 2.24) is 5.32 Å². The molecule has 0 saturated heterocycles. The Hall–Kier alpha value is -1.40. The minimum atomic E-state index is -0.597. The zero-order valence-electron chi connectivity index (χ0n) is 16.9. The van der Waals surface area contributed by atoms with Gasteiger partial charge in [0, 0.05) is 18.5 Å². The van der Waals surface area contributed by atoms with Crippen LogP contribution in [0.4, 0.5) is 0 Å². The first kappa shape index (κ1) is 24.6. The van der Waals surface area contributed by atoms with Gasteiger partial charge >= 0.3 is 0 Å². The molecule has 0 spiro atoms. The third kappa shape index (κ3) is 7.92. The van der Waals surface area contributed by atoms with Crippen LogP contribution in [-0.2, 0) is 6.42 Å². The topological polar surface area (TPSA) is 58.6 Å². The summed E-state index contributed by atoms with van der Waals surface area (Å²) in [4.78, 5) is 13.3. The number of aliphatic hydroxyl groups is 1. The molecular formula is C22H32ClNO3S. The lowest BCUT2D eigenvalue weighted by atomic mass is 10.1. The number of ether oxygens (including phenoxy) is 1. The molecule has 0 saturated carbocycles. The Bertz CT molecular complexity index is 705. The maximum absolute atomic E-state index is 12.6. The van der Waals surface area contributed by atoms with Gasteiger partial charge in [-0.05, 0) is 36.8 Å². The molecule has 1 aromatic heterocycles. The molecule has 0 amide bonds. The largest absolute Gasteiger partial charge is 0.489 e. The second-order valence-electron chi connectivity index (χ2n) is 7.12. The molecule has 0 aliphatic rings. The molecule has 28 heavy (non-hydrogen) atoms. The molecule has 0 radical (unpaired) electrons. The summed E-state index contributed by atoms with van der Waals surface area (Å²) in [5.41, 5.74) is 2.10. The van der Waals surface area contributed by atoms with Crippen LogP contribution >= 0.6 is 23.7 Å². The van der Waals surface area contributed by atoms with E-state index in [9.17, 15) is 9.90 Å². The minimum Gasteiger partial charge on any atom is -0.489 e. The van der Waals surface area contributed by atoms with E-state index in [1.807, 2.05) is 42.6 Å². The van der Waals surface area contributed by atoms with E-state index in [1.165, 1.54) is 11.3 Å². The van der Waals surface area contributed by atoms with Gasteiger partial charge in [0.05, 0.1) is 0 Å². The van der Waals surface area contributed by atoms with E-state index in [4.69, 9.17) is 4.74 Å². The first-order valence-electron chi connectivity index (χ1n) is 9.68. The number of carbonyl (C=O) groups excluding carboxylic acids is 1. The molecule has 1 aromatic carbocycles. The number of aliphatic hydroxyl groups excluding tert-OH is 1. The molecule has 156 valence electrons. The number of Topliss-reactive ketones (excluding diaryl/α,β-unsaturated/α-hetero) is 1. The monoisotopic (exact) mass is 425 g/mol. The zero-order valence-corrected chi connectivity index (χ0v) is 18.6. The summed E-state index contributed by atoms with van der Waals surface area (Å²) in [6.07, 6.45) is 1.69. The van der Waals surface area contributed by atoms with Crippen LogP contribution in [0.1, 0.15) is 47.5 Å². The first-order chi connectivity index (χ1) is 13.0. The average molecular weight is 426 g/mol. The Morgan fingerprint density at radius 3 is 2.64 bits per heavy atom. The molecular weight excluding hydrogens is 394 g/mol. The Kier molecular flexibility index (Phi) is 11.4.